The molecule has 0 amide bonds. The molecule has 1 aromatic heterocycles. The monoisotopic (exact) mass is 251 g/mol. The number of halogens is 1. The Balaban J connectivity index is 2.02. The molecule has 0 saturated carbocycles. The average Bonchev–Trinajstić information content (AvgIpc) is 2.60. The smallest absolute Gasteiger partial charge is 0.0411 e. The molecule has 0 aliphatic rings. The zero-order chi connectivity index (χ0) is 11.5. The highest BCUT2D eigenvalue weighted by Crippen LogP contribution is 2.22. The van der Waals surface area contributed by atoms with E-state index in [1.165, 1.54) is 16.0 Å². The molecule has 2 aromatic rings. The van der Waals surface area contributed by atoms with Gasteiger partial charge in [0.05, 0.1) is 0 Å². The van der Waals surface area contributed by atoms with Gasteiger partial charge in [0.25, 0.3) is 0 Å². The standard InChI is InChI=1S/C13H14ClNS/c1-9-10(2)16-8-11(9)7-15-13-5-3-12(14)4-6-13/h3-6,8,15H,7H2,1-2H3. The fourth-order valence-corrected chi connectivity index (χ4v) is 2.51. The maximum absolute atomic E-state index is 5.83. The van der Waals surface area contributed by atoms with Gasteiger partial charge >= 0.3 is 0 Å². The van der Waals surface area contributed by atoms with Crippen molar-refractivity contribution in [2.45, 2.75) is 20.4 Å². The number of aryl methyl sites for hydroxylation is 1. The van der Waals surface area contributed by atoms with Crippen LogP contribution in [0.4, 0.5) is 5.69 Å². The molecule has 0 spiro atoms. The molecule has 0 bridgehead atoms. The van der Waals surface area contributed by atoms with Gasteiger partial charge in [0.1, 0.15) is 0 Å². The lowest BCUT2D eigenvalue weighted by Crippen LogP contribution is -1.99. The molecule has 0 unspecified atom stereocenters. The van der Waals surface area contributed by atoms with Gasteiger partial charge in [-0.2, -0.15) is 0 Å². The van der Waals surface area contributed by atoms with Crippen molar-refractivity contribution in [1.29, 1.82) is 0 Å². The molecular formula is C13H14ClNS. The first-order valence-corrected chi connectivity index (χ1v) is 6.45. The van der Waals surface area contributed by atoms with Gasteiger partial charge in [0.15, 0.2) is 0 Å². The van der Waals surface area contributed by atoms with E-state index >= 15 is 0 Å². The Morgan fingerprint density at radius 1 is 1.19 bits per heavy atom. The van der Waals surface area contributed by atoms with Gasteiger partial charge in [-0.3, -0.25) is 0 Å². The van der Waals surface area contributed by atoms with Crippen molar-refractivity contribution in [2.24, 2.45) is 0 Å². The van der Waals surface area contributed by atoms with Crippen LogP contribution in [0.5, 0.6) is 0 Å². The minimum absolute atomic E-state index is 0.771. The Morgan fingerprint density at radius 2 is 1.88 bits per heavy atom. The predicted octanol–water partition coefficient (Wildman–Crippen LogP) is 4.63. The number of nitrogens with one attached hydrogen (secondary N) is 1. The number of anilines is 1. The van der Waals surface area contributed by atoms with E-state index in [4.69, 9.17) is 11.6 Å². The summed E-state index contributed by atoms with van der Waals surface area (Å²) in [5.41, 5.74) is 3.87. The fraction of sp³-hybridized carbons (Fsp3) is 0.231. The van der Waals surface area contributed by atoms with Gasteiger partial charge in [-0.25, -0.2) is 0 Å². The Morgan fingerprint density at radius 3 is 2.44 bits per heavy atom. The maximum atomic E-state index is 5.83. The zero-order valence-corrected chi connectivity index (χ0v) is 11.0. The first kappa shape index (κ1) is 11.5. The summed E-state index contributed by atoms with van der Waals surface area (Å²) in [6.07, 6.45) is 0. The molecule has 84 valence electrons. The van der Waals surface area contributed by atoms with Crippen LogP contribution in [0.25, 0.3) is 0 Å². The topological polar surface area (TPSA) is 12.0 Å². The normalized spacial score (nSPS) is 10.4. The maximum Gasteiger partial charge on any atom is 0.0411 e. The minimum atomic E-state index is 0.771. The molecule has 1 nitrogen and oxygen atoms in total. The first-order chi connectivity index (χ1) is 7.66. The van der Waals surface area contributed by atoms with Crippen LogP contribution in [-0.4, -0.2) is 0 Å². The Kier molecular flexibility index (Phi) is 3.52. The predicted molar refractivity (Wildman–Crippen MR) is 72.6 cm³/mol. The van der Waals surface area contributed by atoms with Crippen molar-refractivity contribution in [3.63, 3.8) is 0 Å². The molecule has 16 heavy (non-hydrogen) atoms. The van der Waals surface area contributed by atoms with Crippen molar-refractivity contribution in [3.05, 3.63) is 50.7 Å². The highest BCUT2D eigenvalue weighted by atomic mass is 35.5. The van der Waals surface area contributed by atoms with Gasteiger partial charge in [0, 0.05) is 22.1 Å². The highest BCUT2D eigenvalue weighted by molar-refractivity contribution is 7.10. The molecule has 0 fully saturated rings. The van der Waals surface area contributed by atoms with Crippen LogP contribution in [0, 0.1) is 13.8 Å². The van der Waals surface area contributed by atoms with Crippen molar-refractivity contribution < 1.29 is 0 Å². The van der Waals surface area contributed by atoms with Gasteiger partial charge < -0.3 is 5.32 Å². The number of hydrogen-bond donors (Lipinski definition) is 1. The average molecular weight is 252 g/mol. The van der Waals surface area contributed by atoms with E-state index in [-0.39, 0.29) is 0 Å². The van der Waals surface area contributed by atoms with Crippen molar-refractivity contribution >= 4 is 28.6 Å². The van der Waals surface area contributed by atoms with Crippen LogP contribution in [0.2, 0.25) is 5.02 Å². The van der Waals surface area contributed by atoms with E-state index < -0.39 is 0 Å². The zero-order valence-electron chi connectivity index (χ0n) is 9.38. The van der Waals surface area contributed by atoms with Crippen molar-refractivity contribution in [2.75, 3.05) is 5.32 Å². The van der Waals surface area contributed by atoms with Crippen molar-refractivity contribution in [1.82, 2.24) is 0 Å². The van der Waals surface area contributed by atoms with Crippen LogP contribution < -0.4 is 5.32 Å². The largest absolute Gasteiger partial charge is 0.381 e. The van der Waals surface area contributed by atoms with Crippen LogP contribution in [0.15, 0.2) is 29.6 Å². The molecule has 2 rings (SSSR count). The number of benzene rings is 1. The lowest BCUT2D eigenvalue weighted by molar-refractivity contribution is 1.13. The van der Waals surface area contributed by atoms with Crippen LogP contribution in [0.1, 0.15) is 16.0 Å². The summed E-state index contributed by atoms with van der Waals surface area (Å²) in [5.74, 6) is 0. The SMILES string of the molecule is Cc1scc(CNc2ccc(Cl)cc2)c1C. The molecule has 0 aliphatic carbocycles. The number of rotatable bonds is 3. The third-order valence-electron chi connectivity index (χ3n) is 2.71. The lowest BCUT2D eigenvalue weighted by atomic mass is 10.2. The third-order valence-corrected chi connectivity index (χ3v) is 4.03. The van der Waals surface area contributed by atoms with Gasteiger partial charge in [-0.15, -0.1) is 11.3 Å². The molecule has 1 N–H and O–H groups in total. The number of thiophene rings is 1. The quantitative estimate of drug-likeness (QED) is 0.839. The fourth-order valence-electron chi connectivity index (χ4n) is 1.50. The summed E-state index contributed by atoms with van der Waals surface area (Å²) in [7, 11) is 0. The van der Waals surface area contributed by atoms with E-state index in [9.17, 15) is 0 Å². The van der Waals surface area contributed by atoms with Gasteiger partial charge in [0.2, 0.25) is 0 Å². The highest BCUT2D eigenvalue weighted by Gasteiger charge is 2.03. The summed E-state index contributed by atoms with van der Waals surface area (Å²) in [5, 5.41) is 6.38. The summed E-state index contributed by atoms with van der Waals surface area (Å²) in [4.78, 5) is 1.40. The first-order valence-electron chi connectivity index (χ1n) is 5.20. The summed E-state index contributed by atoms with van der Waals surface area (Å²) >= 11 is 7.64. The van der Waals surface area contributed by atoms with Gasteiger partial charge in [-0.1, -0.05) is 11.6 Å². The van der Waals surface area contributed by atoms with E-state index in [0.29, 0.717) is 0 Å². The third kappa shape index (κ3) is 2.57. The molecule has 1 heterocycles. The summed E-state index contributed by atoms with van der Waals surface area (Å²) < 4.78 is 0. The number of hydrogen-bond acceptors (Lipinski definition) is 2. The molecule has 0 aliphatic heterocycles. The molecule has 0 radical (unpaired) electrons. The van der Waals surface area contributed by atoms with Gasteiger partial charge in [-0.05, 0) is 54.6 Å². The molecular weight excluding hydrogens is 238 g/mol. The Labute approximate surface area is 105 Å². The van der Waals surface area contributed by atoms with Crippen molar-refractivity contribution in [3.8, 4) is 0 Å². The summed E-state index contributed by atoms with van der Waals surface area (Å²) in [6, 6.07) is 7.79. The molecule has 0 atom stereocenters. The van der Waals surface area contributed by atoms with Crippen LogP contribution >= 0.6 is 22.9 Å². The van der Waals surface area contributed by atoms with E-state index in [1.807, 2.05) is 35.6 Å². The second-order valence-electron chi connectivity index (χ2n) is 3.80. The van der Waals surface area contributed by atoms with E-state index in [2.05, 4.69) is 24.5 Å². The molecule has 0 saturated heterocycles. The second kappa shape index (κ2) is 4.89. The molecule has 1 aromatic carbocycles. The molecule has 3 heteroatoms. The summed E-state index contributed by atoms with van der Waals surface area (Å²) in [6.45, 7) is 5.20. The van der Waals surface area contributed by atoms with Crippen LogP contribution in [-0.2, 0) is 6.54 Å². The van der Waals surface area contributed by atoms with Crippen LogP contribution in [0.3, 0.4) is 0 Å². The van der Waals surface area contributed by atoms with E-state index in [1.54, 1.807) is 0 Å². The van der Waals surface area contributed by atoms with E-state index in [0.717, 1.165) is 17.3 Å². The Bertz CT molecular complexity index is 473. The lowest BCUT2D eigenvalue weighted by Gasteiger charge is -2.06. The second-order valence-corrected chi connectivity index (χ2v) is 5.32. The minimum Gasteiger partial charge on any atom is -0.381 e. The Hall–Kier alpha value is -0.990.